The van der Waals surface area contributed by atoms with Crippen LogP contribution in [0.1, 0.15) is 35.9 Å². The number of carbonyl (C=O) groups excluding carboxylic acids is 1. The minimum Gasteiger partial charge on any atom is -0.337 e. The first kappa shape index (κ1) is 17.6. The second-order valence-electron chi connectivity index (χ2n) is 7.30. The van der Waals surface area contributed by atoms with Crippen molar-refractivity contribution < 1.29 is 4.79 Å². The molecule has 140 valence electrons. The monoisotopic (exact) mass is 364 g/mol. The van der Waals surface area contributed by atoms with E-state index in [4.69, 9.17) is 5.73 Å². The first-order valence-electron chi connectivity index (χ1n) is 9.37. The summed E-state index contributed by atoms with van der Waals surface area (Å²) in [6.45, 7) is 5.37. The maximum atomic E-state index is 12.9. The van der Waals surface area contributed by atoms with Crippen LogP contribution in [0, 0.1) is 12.8 Å². The number of aromatic nitrogens is 4. The quantitative estimate of drug-likeness (QED) is 0.770. The SMILES string of the molecule is Cc1c(C(=O)N2CCC(C(C)N)CC2)nnn1-c1ccc2ncccc2c1. The number of carbonyl (C=O) groups is 1. The first-order valence-corrected chi connectivity index (χ1v) is 9.37. The molecule has 27 heavy (non-hydrogen) atoms. The number of nitrogens with zero attached hydrogens (tertiary/aromatic N) is 5. The van der Waals surface area contributed by atoms with Crippen molar-refractivity contribution in [3.63, 3.8) is 0 Å². The van der Waals surface area contributed by atoms with Crippen LogP contribution in [0.4, 0.5) is 0 Å². The Labute approximate surface area is 158 Å². The van der Waals surface area contributed by atoms with Crippen molar-refractivity contribution in [2.75, 3.05) is 13.1 Å². The zero-order valence-electron chi connectivity index (χ0n) is 15.7. The Morgan fingerprint density at radius 3 is 2.78 bits per heavy atom. The lowest BCUT2D eigenvalue weighted by molar-refractivity contribution is 0.0674. The fourth-order valence-electron chi connectivity index (χ4n) is 3.74. The molecule has 1 unspecified atom stereocenters. The van der Waals surface area contributed by atoms with E-state index in [2.05, 4.69) is 15.3 Å². The summed E-state index contributed by atoms with van der Waals surface area (Å²) in [5, 5.41) is 9.44. The third-order valence-corrected chi connectivity index (χ3v) is 5.50. The molecule has 2 N–H and O–H groups in total. The molecule has 4 rings (SSSR count). The van der Waals surface area contributed by atoms with Gasteiger partial charge in [0.15, 0.2) is 5.69 Å². The van der Waals surface area contributed by atoms with E-state index in [-0.39, 0.29) is 11.9 Å². The van der Waals surface area contributed by atoms with Crippen LogP contribution in [0.2, 0.25) is 0 Å². The Kier molecular flexibility index (Phi) is 4.61. The molecule has 0 saturated carbocycles. The second kappa shape index (κ2) is 7.08. The number of nitrogens with two attached hydrogens (primary N) is 1. The van der Waals surface area contributed by atoms with Crippen molar-refractivity contribution >= 4 is 16.8 Å². The van der Waals surface area contributed by atoms with Crippen LogP contribution in [0.5, 0.6) is 0 Å². The van der Waals surface area contributed by atoms with Gasteiger partial charge in [0.1, 0.15) is 0 Å². The number of likely N-dealkylation sites (tertiary alicyclic amines) is 1. The zero-order valence-corrected chi connectivity index (χ0v) is 15.7. The van der Waals surface area contributed by atoms with Crippen molar-refractivity contribution in [3.8, 4) is 5.69 Å². The standard InChI is InChI=1S/C20H24N6O/c1-13(21)15-7-10-25(11-8-15)20(27)19-14(2)26(24-23-19)17-5-6-18-16(12-17)4-3-9-22-18/h3-6,9,12-13,15H,7-8,10-11,21H2,1-2H3. The van der Waals surface area contributed by atoms with Gasteiger partial charge < -0.3 is 10.6 Å². The Balaban J connectivity index is 1.57. The lowest BCUT2D eigenvalue weighted by Crippen LogP contribution is -2.42. The summed E-state index contributed by atoms with van der Waals surface area (Å²) in [5.74, 6) is 0.432. The van der Waals surface area contributed by atoms with Crippen molar-refractivity contribution in [1.82, 2.24) is 24.9 Å². The predicted octanol–water partition coefficient (Wildman–Crippen LogP) is 2.32. The van der Waals surface area contributed by atoms with E-state index >= 15 is 0 Å². The van der Waals surface area contributed by atoms with E-state index in [1.54, 1.807) is 10.9 Å². The Hall–Kier alpha value is -2.80. The minimum atomic E-state index is -0.0515. The number of pyridine rings is 1. The topological polar surface area (TPSA) is 89.9 Å². The molecule has 3 aromatic rings. The molecular formula is C20H24N6O. The molecular weight excluding hydrogens is 340 g/mol. The number of amides is 1. The number of piperidine rings is 1. The molecule has 0 aliphatic carbocycles. The van der Waals surface area contributed by atoms with Crippen LogP contribution in [-0.4, -0.2) is 49.9 Å². The van der Waals surface area contributed by atoms with Gasteiger partial charge in [0.2, 0.25) is 0 Å². The molecule has 0 spiro atoms. The largest absolute Gasteiger partial charge is 0.337 e. The second-order valence-corrected chi connectivity index (χ2v) is 7.30. The van der Waals surface area contributed by atoms with Gasteiger partial charge in [0.25, 0.3) is 5.91 Å². The molecule has 0 bridgehead atoms. The highest BCUT2D eigenvalue weighted by molar-refractivity contribution is 5.93. The highest BCUT2D eigenvalue weighted by Crippen LogP contribution is 2.23. The van der Waals surface area contributed by atoms with Gasteiger partial charge in [-0.15, -0.1) is 5.10 Å². The van der Waals surface area contributed by atoms with Crippen molar-refractivity contribution in [3.05, 3.63) is 47.9 Å². The average Bonchev–Trinajstić information content (AvgIpc) is 3.08. The average molecular weight is 364 g/mol. The molecule has 7 heteroatoms. The van der Waals surface area contributed by atoms with Crippen molar-refractivity contribution in [2.24, 2.45) is 11.7 Å². The van der Waals surface area contributed by atoms with Crippen LogP contribution in [0.25, 0.3) is 16.6 Å². The molecule has 1 amide bonds. The summed E-state index contributed by atoms with van der Waals surface area (Å²) in [7, 11) is 0. The lowest BCUT2D eigenvalue weighted by Gasteiger charge is -2.33. The van der Waals surface area contributed by atoms with Crippen molar-refractivity contribution in [2.45, 2.75) is 32.7 Å². The maximum absolute atomic E-state index is 12.9. The summed E-state index contributed by atoms with van der Waals surface area (Å²) < 4.78 is 1.72. The minimum absolute atomic E-state index is 0.0515. The Morgan fingerprint density at radius 2 is 2.04 bits per heavy atom. The third-order valence-electron chi connectivity index (χ3n) is 5.50. The number of hydrogen-bond donors (Lipinski definition) is 1. The number of fused-ring (bicyclic) bond motifs is 1. The van der Waals surface area contributed by atoms with Crippen LogP contribution < -0.4 is 5.73 Å². The predicted molar refractivity (Wildman–Crippen MR) is 104 cm³/mol. The molecule has 7 nitrogen and oxygen atoms in total. The molecule has 1 atom stereocenters. The van der Waals surface area contributed by atoms with E-state index in [0.29, 0.717) is 11.6 Å². The first-order chi connectivity index (χ1) is 13.0. The van der Waals surface area contributed by atoms with Gasteiger partial charge in [-0.05, 0) is 56.9 Å². The summed E-state index contributed by atoms with van der Waals surface area (Å²) in [4.78, 5) is 19.1. The van der Waals surface area contributed by atoms with E-state index in [1.807, 2.05) is 49.1 Å². The smallest absolute Gasteiger partial charge is 0.276 e. The highest BCUT2D eigenvalue weighted by Gasteiger charge is 2.28. The Morgan fingerprint density at radius 1 is 1.26 bits per heavy atom. The highest BCUT2D eigenvalue weighted by atomic mass is 16.2. The fraction of sp³-hybridized carbons (Fsp3) is 0.400. The van der Waals surface area contributed by atoms with Crippen LogP contribution >= 0.6 is 0 Å². The molecule has 1 fully saturated rings. The van der Waals surface area contributed by atoms with Crippen molar-refractivity contribution in [1.29, 1.82) is 0 Å². The third kappa shape index (κ3) is 3.30. The van der Waals surface area contributed by atoms with E-state index in [9.17, 15) is 4.79 Å². The van der Waals surface area contributed by atoms with Gasteiger partial charge in [-0.2, -0.15) is 0 Å². The van der Waals surface area contributed by atoms with Crippen LogP contribution in [0.3, 0.4) is 0 Å². The van der Waals surface area contributed by atoms with Crippen LogP contribution in [-0.2, 0) is 0 Å². The maximum Gasteiger partial charge on any atom is 0.276 e. The van der Waals surface area contributed by atoms with Gasteiger partial charge in [-0.25, -0.2) is 4.68 Å². The number of hydrogen-bond acceptors (Lipinski definition) is 5. The van der Waals surface area contributed by atoms with Gasteiger partial charge in [-0.1, -0.05) is 11.3 Å². The van der Waals surface area contributed by atoms with Crippen LogP contribution in [0.15, 0.2) is 36.5 Å². The number of benzene rings is 1. The summed E-state index contributed by atoms with van der Waals surface area (Å²) >= 11 is 0. The molecule has 1 saturated heterocycles. The molecule has 3 heterocycles. The zero-order chi connectivity index (χ0) is 19.0. The van der Waals surface area contributed by atoms with E-state index in [0.717, 1.165) is 48.2 Å². The number of rotatable bonds is 3. The molecule has 2 aromatic heterocycles. The Bertz CT molecular complexity index is 972. The summed E-state index contributed by atoms with van der Waals surface area (Å²) in [5.41, 5.74) is 8.96. The molecule has 0 radical (unpaired) electrons. The fourth-order valence-corrected chi connectivity index (χ4v) is 3.74. The molecule has 1 aliphatic heterocycles. The normalized spacial score (nSPS) is 16.6. The molecule has 1 aliphatic rings. The van der Waals surface area contributed by atoms with E-state index in [1.165, 1.54) is 0 Å². The summed E-state index contributed by atoms with van der Waals surface area (Å²) in [6, 6.07) is 9.98. The summed E-state index contributed by atoms with van der Waals surface area (Å²) in [6.07, 6.45) is 3.65. The van der Waals surface area contributed by atoms with Gasteiger partial charge >= 0.3 is 0 Å². The van der Waals surface area contributed by atoms with Gasteiger partial charge in [0, 0.05) is 30.7 Å². The lowest BCUT2D eigenvalue weighted by atomic mass is 9.91. The van der Waals surface area contributed by atoms with E-state index < -0.39 is 0 Å². The van der Waals surface area contributed by atoms with Gasteiger partial charge in [-0.3, -0.25) is 9.78 Å². The molecule has 1 aromatic carbocycles. The van der Waals surface area contributed by atoms with Gasteiger partial charge in [0.05, 0.1) is 16.9 Å².